The fourth-order valence-corrected chi connectivity index (χ4v) is 2.35. The molecule has 0 aromatic heterocycles. The van der Waals surface area contributed by atoms with Crippen LogP contribution >= 0.6 is 0 Å². The Morgan fingerprint density at radius 2 is 2.19 bits per heavy atom. The molecule has 0 aromatic carbocycles. The number of fused-ring (bicyclic) bond motifs is 2. The minimum atomic E-state index is -4.71. The van der Waals surface area contributed by atoms with Gasteiger partial charge in [0.05, 0.1) is 12.1 Å². The number of carbonyl (C=O) groups is 1. The van der Waals surface area contributed by atoms with Gasteiger partial charge in [0.1, 0.15) is 6.04 Å². The summed E-state index contributed by atoms with van der Waals surface area (Å²) in [7, 11) is -4.71. The van der Waals surface area contributed by atoms with E-state index in [4.69, 9.17) is 9.81 Å². The Bertz CT molecular complexity index is 455. The van der Waals surface area contributed by atoms with Crippen LogP contribution in [-0.2, 0) is 14.7 Å². The first-order valence-corrected chi connectivity index (χ1v) is 5.95. The zero-order valence-electron chi connectivity index (χ0n) is 8.11. The van der Waals surface area contributed by atoms with Crippen molar-refractivity contribution in [2.75, 3.05) is 6.54 Å². The first-order chi connectivity index (χ1) is 7.42. The normalized spacial score (nSPS) is 29.4. The van der Waals surface area contributed by atoms with Crippen molar-refractivity contribution in [2.24, 2.45) is 0 Å². The van der Waals surface area contributed by atoms with E-state index in [1.165, 1.54) is 4.90 Å². The second kappa shape index (κ2) is 3.58. The molecule has 2 amide bonds. The maximum absolute atomic E-state index is 11.6. The van der Waals surface area contributed by atoms with Crippen LogP contribution in [0.25, 0.3) is 0 Å². The average Bonchev–Trinajstić information content (AvgIpc) is 2.43. The number of hydrogen-bond acceptors (Lipinski definition) is 5. The molecule has 0 aliphatic carbocycles. The molecule has 0 unspecified atom stereocenters. The predicted molar refractivity (Wildman–Crippen MR) is 49.0 cm³/mol. The van der Waals surface area contributed by atoms with E-state index in [1.54, 1.807) is 0 Å². The molecule has 2 rings (SSSR count). The quantitative estimate of drug-likeness (QED) is 0.659. The van der Waals surface area contributed by atoms with E-state index in [9.17, 15) is 13.2 Å². The summed E-state index contributed by atoms with van der Waals surface area (Å²) in [4.78, 5) is 12.9. The molecule has 0 radical (unpaired) electrons. The first kappa shape index (κ1) is 11.1. The fourth-order valence-electron chi connectivity index (χ4n) is 1.97. The lowest BCUT2D eigenvalue weighted by molar-refractivity contribution is -0.0316. The molecule has 88 valence electrons. The van der Waals surface area contributed by atoms with Crippen molar-refractivity contribution < 1.29 is 22.0 Å². The Morgan fingerprint density at radius 1 is 1.50 bits per heavy atom. The molecule has 2 heterocycles. The van der Waals surface area contributed by atoms with Gasteiger partial charge in [0.15, 0.2) is 0 Å². The lowest BCUT2D eigenvalue weighted by Gasteiger charge is -2.24. The summed E-state index contributed by atoms with van der Waals surface area (Å²) in [5, 5.41) is 9.39. The van der Waals surface area contributed by atoms with E-state index in [0.717, 1.165) is 0 Å². The Labute approximate surface area is 91.9 Å². The zero-order chi connectivity index (χ0) is 11.9. The number of piperidine rings is 1. The van der Waals surface area contributed by atoms with E-state index in [1.807, 2.05) is 6.07 Å². The highest BCUT2D eigenvalue weighted by atomic mass is 32.3. The molecule has 0 spiro atoms. The van der Waals surface area contributed by atoms with Crippen LogP contribution in [0.5, 0.6) is 0 Å². The molecule has 2 aliphatic heterocycles. The largest absolute Gasteiger partial charge is 0.418 e. The second-order valence-electron chi connectivity index (χ2n) is 3.64. The molecule has 0 saturated carbocycles. The monoisotopic (exact) mass is 247 g/mol. The van der Waals surface area contributed by atoms with Gasteiger partial charge in [-0.3, -0.25) is 4.55 Å². The summed E-state index contributed by atoms with van der Waals surface area (Å²) in [6, 6.07) is 0.266. The van der Waals surface area contributed by atoms with Crippen molar-refractivity contribution in [3.63, 3.8) is 0 Å². The van der Waals surface area contributed by atoms with Crippen LogP contribution in [0.1, 0.15) is 12.8 Å². The van der Waals surface area contributed by atoms with Gasteiger partial charge >= 0.3 is 16.4 Å². The van der Waals surface area contributed by atoms with E-state index in [-0.39, 0.29) is 6.54 Å². The summed E-state index contributed by atoms with van der Waals surface area (Å²) >= 11 is 0. The molecule has 2 aliphatic rings. The van der Waals surface area contributed by atoms with Crippen LogP contribution in [0.15, 0.2) is 0 Å². The fraction of sp³-hybridized carbons (Fsp3) is 0.714. The summed E-state index contributed by atoms with van der Waals surface area (Å²) in [5.74, 6) is 0. The molecule has 2 saturated heterocycles. The summed E-state index contributed by atoms with van der Waals surface area (Å²) in [6.45, 7) is 0.243. The standard InChI is InChI=1S/C7H9N3O5S/c8-3-5-1-2-6-4-9(5)7(11)10(6)15-16(12,13)14/h5-6H,1-2,4H2,(H,12,13,14)/t5-,6-/m1/s1. The van der Waals surface area contributed by atoms with Gasteiger partial charge in [-0.15, -0.1) is 4.28 Å². The number of nitrogens with zero attached hydrogens (tertiary/aromatic N) is 3. The predicted octanol–water partition coefficient (Wildman–Crippen LogP) is -0.487. The van der Waals surface area contributed by atoms with Gasteiger partial charge < -0.3 is 4.90 Å². The third-order valence-corrected chi connectivity index (χ3v) is 3.00. The van der Waals surface area contributed by atoms with Gasteiger partial charge in [0.25, 0.3) is 0 Å². The highest BCUT2D eigenvalue weighted by Gasteiger charge is 2.47. The number of rotatable bonds is 2. The van der Waals surface area contributed by atoms with Gasteiger partial charge in [-0.25, -0.2) is 4.79 Å². The molecule has 8 nitrogen and oxygen atoms in total. The van der Waals surface area contributed by atoms with Gasteiger partial charge in [0.2, 0.25) is 0 Å². The van der Waals surface area contributed by atoms with Gasteiger partial charge in [-0.05, 0) is 12.8 Å². The van der Waals surface area contributed by atoms with Crippen LogP contribution < -0.4 is 0 Å². The lowest BCUT2D eigenvalue weighted by atomic mass is 10.0. The van der Waals surface area contributed by atoms with Crippen molar-refractivity contribution in [1.29, 1.82) is 5.26 Å². The van der Waals surface area contributed by atoms with E-state index < -0.39 is 28.5 Å². The SMILES string of the molecule is N#C[C@H]1CC[C@@H]2CN1C(=O)N2OS(=O)(=O)O. The Morgan fingerprint density at radius 3 is 2.75 bits per heavy atom. The minimum absolute atomic E-state index is 0.243. The van der Waals surface area contributed by atoms with Crippen molar-refractivity contribution in [3.8, 4) is 6.07 Å². The molecule has 9 heteroatoms. The topological polar surface area (TPSA) is 111 Å². The van der Waals surface area contributed by atoms with Crippen LogP contribution in [0, 0.1) is 11.3 Å². The summed E-state index contributed by atoms with van der Waals surface area (Å²) in [5.41, 5.74) is 0. The third kappa shape index (κ3) is 1.82. The van der Waals surface area contributed by atoms with Crippen LogP contribution in [0.3, 0.4) is 0 Å². The van der Waals surface area contributed by atoms with Crippen LogP contribution in [-0.4, -0.2) is 47.6 Å². The van der Waals surface area contributed by atoms with Crippen LogP contribution in [0.2, 0.25) is 0 Å². The van der Waals surface area contributed by atoms with E-state index >= 15 is 0 Å². The lowest BCUT2D eigenvalue weighted by Crippen LogP contribution is -2.38. The number of amides is 2. The Kier molecular flexibility index (Phi) is 2.49. The molecule has 0 aromatic rings. The number of nitriles is 1. The third-order valence-electron chi connectivity index (χ3n) is 2.65. The van der Waals surface area contributed by atoms with Crippen molar-refractivity contribution in [2.45, 2.75) is 24.9 Å². The maximum Gasteiger partial charge on any atom is 0.418 e. The van der Waals surface area contributed by atoms with Crippen molar-refractivity contribution in [3.05, 3.63) is 0 Å². The molecule has 16 heavy (non-hydrogen) atoms. The second-order valence-corrected chi connectivity index (χ2v) is 4.64. The number of hydrogen-bond donors (Lipinski definition) is 1. The molecular weight excluding hydrogens is 238 g/mol. The highest BCUT2D eigenvalue weighted by Crippen LogP contribution is 2.30. The smallest absolute Gasteiger partial charge is 0.305 e. The van der Waals surface area contributed by atoms with Crippen molar-refractivity contribution in [1.82, 2.24) is 9.96 Å². The number of urea groups is 1. The maximum atomic E-state index is 11.6. The molecule has 2 atom stereocenters. The average molecular weight is 247 g/mol. The van der Waals surface area contributed by atoms with E-state index in [2.05, 4.69) is 4.28 Å². The highest BCUT2D eigenvalue weighted by molar-refractivity contribution is 7.80. The van der Waals surface area contributed by atoms with Gasteiger partial charge in [-0.1, -0.05) is 0 Å². The summed E-state index contributed by atoms with van der Waals surface area (Å²) in [6.07, 6.45) is 0.939. The Hall–Kier alpha value is -1.37. The molecule has 2 fully saturated rings. The first-order valence-electron chi connectivity index (χ1n) is 4.59. The summed E-state index contributed by atoms with van der Waals surface area (Å²) < 4.78 is 33.7. The Balaban J connectivity index is 2.20. The van der Waals surface area contributed by atoms with E-state index in [0.29, 0.717) is 17.9 Å². The van der Waals surface area contributed by atoms with Crippen LogP contribution in [0.4, 0.5) is 4.79 Å². The van der Waals surface area contributed by atoms with Crippen molar-refractivity contribution >= 4 is 16.4 Å². The molecule has 1 N–H and O–H groups in total. The van der Waals surface area contributed by atoms with Gasteiger partial charge in [0, 0.05) is 6.54 Å². The molecule has 2 bridgehead atoms. The number of carbonyl (C=O) groups excluding carboxylic acids is 1. The molecular formula is C7H9N3O5S. The number of hydroxylamine groups is 2. The zero-order valence-corrected chi connectivity index (χ0v) is 8.92. The van der Waals surface area contributed by atoms with Gasteiger partial charge in [-0.2, -0.15) is 18.7 Å². The minimum Gasteiger partial charge on any atom is -0.305 e.